The maximum atomic E-state index is 13.2. The van der Waals surface area contributed by atoms with Gasteiger partial charge in [-0.15, -0.1) is 0 Å². The smallest absolute Gasteiger partial charge is 0.231 e. The first-order valence-corrected chi connectivity index (χ1v) is 9.90. The quantitative estimate of drug-likeness (QED) is 0.860. The lowest BCUT2D eigenvalue weighted by atomic mass is 10.1. The van der Waals surface area contributed by atoms with Crippen molar-refractivity contribution >= 4 is 9.84 Å². The second kappa shape index (κ2) is 5.97. The number of nitrogens with two attached hydrogens (primary N) is 1. The molecule has 1 aliphatic heterocycles. The predicted octanol–water partition coefficient (Wildman–Crippen LogP) is 2.01. The van der Waals surface area contributed by atoms with Crippen LogP contribution >= 0.6 is 0 Å². The van der Waals surface area contributed by atoms with Crippen LogP contribution < -0.4 is 15.2 Å². The Morgan fingerprint density at radius 3 is 2.54 bits per heavy atom. The summed E-state index contributed by atoms with van der Waals surface area (Å²) in [5, 5.41) is -0.752. The van der Waals surface area contributed by atoms with Crippen molar-refractivity contribution in [1.82, 2.24) is 0 Å². The molecule has 1 aliphatic carbocycles. The van der Waals surface area contributed by atoms with E-state index in [1.807, 2.05) is 19.1 Å². The Labute approximate surface area is 152 Å². The van der Waals surface area contributed by atoms with E-state index in [-0.39, 0.29) is 24.2 Å². The lowest BCUT2D eigenvalue weighted by Crippen LogP contribution is -2.35. The molecule has 7 heteroatoms. The molecule has 1 fully saturated rings. The summed E-state index contributed by atoms with van der Waals surface area (Å²) in [5.41, 5.74) is 7.34. The van der Waals surface area contributed by atoms with Gasteiger partial charge >= 0.3 is 0 Å². The van der Waals surface area contributed by atoms with E-state index >= 15 is 0 Å². The van der Waals surface area contributed by atoms with Crippen LogP contribution in [0.2, 0.25) is 0 Å². The first kappa shape index (κ1) is 17.3. The van der Waals surface area contributed by atoms with Crippen molar-refractivity contribution in [2.45, 2.75) is 28.5 Å². The molecular formula is C19H21NO5S. The zero-order valence-electron chi connectivity index (χ0n) is 14.6. The largest absolute Gasteiger partial charge is 0.454 e. The van der Waals surface area contributed by atoms with Gasteiger partial charge in [0.2, 0.25) is 6.79 Å². The Balaban J connectivity index is 1.73. The van der Waals surface area contributed by atoms with Crippen LogP contribution in [0.3, 0.4) is 0 Å². The molecule has 0 aromatic heterocycles. The first-order chi connectivity index (χ1) is 12.4. The third-order valence-corrected chi connectivity index (χ3v) is 7.45. The average Bonchev–Trinajstić information content (AvgIpc) is 2.99. The van der Waals surface area contributed by atoms with Gasteiger partial charge in [0.25, 0.3) is 0 Å². The Morgan fingerprint density at radius 2 is 1.85 bits per heavy atom. The normalized spacial score (nSPS) is 26.7. The summed E-state index contributed by atoms with van der Waals surface area (Å²) in [6, 6.07) is 12.3. The number of hydrogen-bond donors (Lipinski definition) is 1. The average molecular weight is 375 g/mol. The number of fused-ring (bicyclic) bond motifs is 1. The monoisotopic (exact) mass is 375 g/mol. The Kier molecular flexibility index (Phi) is 3.98. The summed E-state index contributed by atoms with van der Waals surface area (Å²) in [6.07, 6.45) is 0. The van der Waals surface area contributed by atoms with Gasteiger partial charge in [-0.25, -0.2) is 8.42 Å². The van der Waals surface area contributed by atoms with Gasteiger partial charge in [0.1, 0.15) is 0 Å². The van der Waals surface area contributed by atoms with Crippen molar-refractivity contribution < 1.29 is 22.6 Å². The van der Waals surface area contributed by atoms with Crippen LogP contribution in [0.1, 0.15) is 17.0 Å². The molecule has 138 valence electrons. The Hall–Kier alpha value is -2.09. The molecule has 1 heterocycles. The summed E-state index contributed by atoms with van der Waals surface area (Å²) in [5.74, 6) is 0.894. The van der Waals surface area contributed by atoms with Crippen LogP contribution in [0.5, 0.6) is 11.5 Å². The van der Waals surface area contributed by atoms with E-state index in [1.165, 1.54) is 7.11 Å². The SMILES string of the molecule is COC[C@]1(N)[C@H](c2ccc3c(c2)OCO3)[C@H]1S(=O)(=O)c1ccc(C)cc1. The second-order valence-corrected chi connectivity index (χ2v) is 8.98. The van der Waals surface area contributed by atoms with Gasteiger partial charge < -0.3 is 19.9 Å². The lowest BCUT2D eigenvalue weighted by molar-refractivity contribution is 0.171. The maximum absolute atomic E-state index is 13.2. The zero-order valence-corrected chi connectivity index (χ0v) is 15.5. The molecule has 2 aliphatic rings. The highest BCUT2D eigenvalue weighted by atomic mass is 32.2. The Bertz CT molecular complexity index is 941. The second-order valence-electron chi connectivity index (χ2n) is 6.91. The van der Waals surface area contributed by atoms with E-state index < -0.39 is 20.6 Å². The van der Waals surface area contributed by atoms with Crippen molar-refractivity contribution in [2.24, 2.45) is 5.73 Å². The fraction of sp³-hybridized carbons (Fsp3) is 0.368. The van der Waals surface area contributed by atoms with Gasteiger partial charge in [-0.1, -0.05) is 23.8 Å². The molecule has 0 bridgehead atoms. The van der Waals surface area contributed by atoms with Crippen LogP contribution in [0.25, 0.3) is 0 Å². The lowest BCUT2D eigenvalue weighted by Gasteiger charge is -2.11. The fourth-order valence-corrected chi connectivity index (χ4v) is 6.07. The van der Waals surface area contributed by atoms with Crippen molar-refractivity contribution in [3.05, 3.63) is 53.6 Å². The molecule has 26 heavy (non-hydrogen) atoms. The van der Waals surface area contributed by atoms with E-state index in [0.29, 0.717) is 11.5 Å². The van der Waals surface area contributed by atoms with Crippen molar-refractivity contribution in [3.63, 3.8) is 0 Å². The van der Waals surface area contributed by atoms with Gasteiger partial charge in [0.15, 0.2) is 21.3 Å². The van der Waals surface area contributed by atoms with Crippen molar-refractivity contribution in [3.8, 4) is 11.5 Å². The molecular weight excluding hydrogens is 354 g/mol. The molecule has 0 unspecified atom stereocenters. The van der Waals surface area contributed by atoms with Crippen LogP contribution in [-0.2, 0) is 14.6 Å². The van der Waals surface area contributed by atoms with Crippen LogP contribution in [-0.4, -0.2) is 39.7 Å². The first-order valence-electron chi connectivity index (χ1n) is 8.36. The minimum atomic E-state index is -3.60. The number of aryl methyl sites for hydroxylation is 1. The highest BCUT2D eigenvalue weighted by molar-refractivity contribution is 7.92. The minimum absolute atomic E-state index is 0.155. The highest BCUT2D eigenvalue weighted by Gasteiger charge is 2.69. The Morgan fingerprint density at radius 1 is 1.15 bits per heavy atom. The highest BCUT2D eigenvalue weighted by Crippen LogP contribution is 2.56. The van der Waals surface area contributed by atoms with Crippen LogP contribution in [0.4, 0.5) is 0 Å². The maximum Gasteiger partial charge on any atom is 0.231 e. The number of rotatable bonds is 5. The molecule has 0 amide bonds. The number of sulfone groups is 1. The van der Waals surface area contributed by atoms with Gasteiger partial charge in [-0.05, 0) is 36.8 Å². The predicted molar refractivity (Wildman–Crippen MR) is 96.3 cm³/mol. The van der Waals surface area contributed by atoms with Crippen molar-refractivity contribution in [1.29, 1.82) is 0 Å². The third kappa shape index (κ3) is 2.58. The standard InChI is InChI=1S/C19H21NO5S/c1-12-3-6-14(7-4-12)26(21,22)18-17(19(18,20)10-23-2)13-5-8-15-16(9-13)25-11-24-15/h3-9,17-18H,10-11,20H2,1-2H3/t17-,18-,19+/m1/s1. The van der Waals surface area contributed by atoms with Gasteiger partial charge in [0.05, 0.1) is 22.3 Å². The molecule has 6 nitrogen and oxygen atoms in total. The van der Waals surface area contributed by atoms with E-state index in [2.05, 4.69) is 0 Å². The molecule has 0 radical (unpaired) electrons. The van der Waals surface area contributed by atoms with Gasteiger partial charge in [-0.3, -0.25) is 0 Å². The summed E-state index contributed by atoms with van der Waals surface area (Å²) in [7, 11) is -2.07. The zero-order chi connectivity index (χ0) is 18.5. The summed E-state index contributed by atoms with van der Waals surface area (Å²) in [4.78, 5) is 0.280. The van der Waals surface area contributed by atoms with Crippen LogP contribution in [0, 0.1) is 6.92 Å². The molecule has 1 saturated carbocycles. The molecule has 2 aromatic carbocycles. The molecule has 0 spiro atoms. The fourth-order valence-electron chi connectivity index (χ4n) is 3.78. The number of benzene rings is 2. The van der Waals surface area contributed by atoms with Crippen LogP contribution in [0.15, 0.2) is 47.4 Å². The molecule has 2 aromatic rings. The van der Waals surface area contributed by atoms with E-state index in [9.17, 15) is 8.42 Å². The number of methoxy groups -OCH3 is 1. The van der Waals surface area contributed by atoms with Gasteiger partial charge in [0, 0.05) is 13.0 Å². The van der Waals surface area contributed by atoms with E-state index in [0.717, 1.165) is 11.1 Å². The molecule has 0 saturated heterocycles. The minimum Gasteiger partial charge on any atom is -0.454 e. The molecule has 2 N–H and O–H groups in total. The number of hydrogen-bond acceptors (Lipinski definition) is 6. The number of ether oxygens (including phenoxy) is 3. The van der Waals surface area contributed by atoms with Crippen molar-refractivity contribution in [2.75, 3.05) is 20.5 Å². The van der Waals surface area contributed by atoms with Gasteiger partial charge in [-0.2, -0.15) is 0 Å². The summed E-state index contributed by atoms with van der Waals surface area (Å²) < 4.78 is 42.4. The van der Waals surface area contributed by atoms with E-state index in [1.54, 1.807) is 30.3 Å². The summed E-state index contributed by atoms with van der Waals surface area (Å²) >= 11 is 0. The summed E-state index contributed by atoms with van der Waals surface area (Å²) in [6.45, 7) is 2.24. The third-order valence-electron chi connectivity index (χ3n) is 5.14. The molecule has 3 atom stereocenters. The van der Waals surface area contributed by atoms with E-state index in [4.69, 9.17) is 19.9 Å². The molecule has 4 rings (SSSR count). The topological polar surface area (TPSA) is 87.8 Å².